The Morgan fingerprint density at radius 2 is 2.20 bits per heavy atom. The number of ether oxygens (including phenoxy) is 2. The van der Waals surface area contributed by atoms with Gasteiger partial charge in [0.2, 0.25) is 0 Å². The van der Waals surface area contributed by atoms with Gasteiger partial charge in [-0.1, -0.05) is 30.3 Å². The highest BCUT2D eigenvalue weighted by Crippen LogP contribution is 2.06. The summed E-state index contributed by atoms with van der Waals surface area (Å²) in [6, 6.07) is 9.71. The number of nitrogens with zero attached hydrogens (tertiary/aromatic N) is 1. The number of amides is 1. The molecular formula is C15H22N2O3. The molecule has 20 heavy (non-hydrogen) atoms. The standard InChI is InChI=1S/C15H22N2O3/c1-13-7-9-17(10-8-16-12-20-13)15(18)19-11-14-5-3-2-4-6-14/h2-6,13,16H,7-12H2,1H3/t13-/m0/s1. The van der Waals surface area contributed by atoms with Crippen LogP contribution in [0.1, 0.15) is 18.9 Å². The SMILES string of the molecule is C[C@H]1CCN(C(=O)OCc2ccccc2)CCNCO1. The molecule has 1 N–H and O–H groups in total. The normalized spacial score (nSPS) is 20.6. The van der Waals surface area contributed by atoms with Crippen molar-refractivity contribution in [2.45, 2.75) is 26.1 Å². The van der Waals surface area contributed by atoms with Crippen LogP contribution in [0.4, 0.5) is 4.79 Å². The maximum atomic E-state index is 12.1. The van der Waals surface area contributed by atoms with Crippen LogP contribution in [0.25, 0.3) is 0 Å². The van der Waals surface area contributed by atoms with Crippen LogP contribution in [-0.2, 0) is 16.1 Å². The van der Waals surface area contributed by atoms with Crippen LogP contribution in [-0.4, -0.2) is 43.5 Å². The minimum atomic E-state index is -0.259. The van der Waals surface area contributed by atoms with Crippen molar-refractivity contribution in [3.63, 3.8) is 0 Å². The Balaban J connectivity index is 1.83. The lowest BCUT2D eigenvalue weighted by Crippen LogP contribution is -2.37. The lowest BCUT2D eigenvalue weighted by atomic mass is 10.2. The third kappa shape index (κ3) is 4.83. The van der Waals surface area contributed by atoms with Gasteiger partial charge in [-0.2, -0.15) is 0 Å². The van der Waals surface area contributed by atoms with Gasteiger partial charge in [0.25, 0.3) is 0 Å². The van der Waals surface area contributed by atoms with Crippen LogP contribution in [0, 0.1) is 0 Å². The summed E-state index contributed by atoms with van der Waals surface area (Å²) in [4.78, 5) is 13.8. The molecule has 1 aromatic carbocycles. The summed E-state index contributed by atoms with van der Waals surface area (Å²) < 4.78 is 10.9. The Morgan fingerprint density at radius 1 is 1.40 bits per heavy atom. The minimum absolute atomic E-state index is 0.144. The van der Waals surface area contributed by atoms with E-state index in [0.717, 1.165) is 12.0 Å². The predicted molar refractivity (Wildman–Crippen MR) is 76.2 cm³/mol. The highest BCUT2D eigenvalue weighted by molar-refractivity contribution is 5.67. The number of nitrogens with one attached hydrogen (secondary N) is 1. The second-order valence-corrected chi connectivity index (χ2v) is 4.94. The highest BCUT2D eigenvalue weighted by atomic mass is 16.6. The van der Waals surface area contributed by atoms with Crippen molar-refractivity contribution < 1.29 is 14.3 Å². The van der Waals surface area contributed by atoms with Crippen molar-refractivity contribution in [1.29, 1.82) is 0 Å². The van der Waals surface area contributed by atoms with E-state index >= 15 is 0 Å². The monoisotopic (exact) mass is 278 g/mol. The van der Waals surface area contributed by atoms with E-state index in [1.807, 2.05) is 37.3 Å². The largest absolute Gasteiger partial charge is 0.445 e. The zero-order valence-corrected chi connectivity index (χ0v) is 11.9. The van der Waals surface area contributed by atoms with Gasteiger partial charge < -0.3 is 14.4 Å². The fraction of sp³-hybridized carbons (Fsp3) is 0.533. The molecule has 110 valence electrons. The van der Waals surface area contributed by atoms with Gasteiger partial charge >= 0.3 is 6.09 Å². The van der Waals surface area contributed by atoms with Gasteiger partial charge in [-0.15, -0.1) is 0 Å². The number of rotatable bonds is 2. The average Bonchev–Trinajstić information content (AvgIpc) is 2.58. The van der Waals surface area contributed by atoms with Crippen molar-refractivity contribution in [2.24, 2.45) is 0 Å². The Kier molecular flexibility index (Phi) is 5.83. The number of benzene rings is 1. The molecule has 0 saturated carbocycles. The topological polar surface area (TPSA) is 50.8 Å². The third-order valence-corrected chi connectivity index (χ3v) is 3.30. The van der Waals surface area contributed by atoms with E-state index in [4.69, 9.17) is 9.47 Å². The van der Waals surface area contributed by atoms with Crippen molar-refractivity contribution >= 4 is 6.09 Å². The van der Waals surface area contributed by atoms with Crippen LogP contribution >= 0.6 is 0 Å². The van der Waals surface area contributed by atoms with E-state index in [0.29, 0.717) is 33.0 Å². The number of hydrogen-bond donors (Lipinski definition) is 1. The molecule has 1 saturated heterocycles. The van der Waals surface area contributed by atoms with E-state index in [9.17, 15) is 4.79 Å². The first kappa shape index (κ1) is 14.8. The lowest BCUT2D eigenvalue weighted by Gasteiger charge is -2.22. The fourth-order valence-electron chi connectivity index (χ4n) is 2.01. The summed E-state index contributed by atoms with van der Waals surface area (Å²) in [5.74, 6) is 0. The second kappa shape index (κ2) is 7.87. The molecule has 0 aliphatic carbocycles. The van der Waals surface area contributed by atoms with Crippen LogP contribution < -0.4 is 5.32 Å². The molecule has 1 amide bonds. The first-order valence-electron chi connectivity index (χ1n) is 7.03. The highest BCUT2D eigenvalue weighted by Gasteiger charge is 2.17. The van der Waals surface area contributed by atoms with Gasteiger partial charge in [-0.25, -0.2) is 4.79 Å². The summed E-state index contributed by atoms with van der Waals surface area (Å²) in [5.41, 5.74) is 1.000. The van der Waals surface area contributed by atoms with Gasteiger partial charge in [0.15, 0.2) is 0 Å². The predicted octanol–water partition coefficient (Wildman–Crippen LogP) is 1.98. The van der Waals surface area contributed by atoms with E-state index in [1.54, 1.807) is 4.90 Å². The van der Waals surface area contributed by atoms with Gasteiger partial charge in [0.1, 0.15) is 6.61 Å². The molecule has 0 aromatic heterocycles. The average molecular weight is 278 g/mol. The van der Waals surface area contributed by atoms with Crippen LogP contribution in [0.3, 0.4) is 0 Å². The molecule has 1 heterocycles. The molecule has 1 atom stereocenters. The number of carbonyl (C=O) groups excluding carboxylic acids is 1. The first-order valence-corrected chi connectivity index (χ1v) is 7.03. The molecule has 0 bridgehead atoms. The Bertz CT molecular complexity index is 411. The fourth-order valence-corrected chi connectivity index (χ4v) is 2.01. The summed E-state index contributed by atoms with van der Waals surface area (Å²) in [6.07, 6.45) is 0.706. The zero-order chi connectivity index (χ0) is 14.2. The van der Waals surface area contributed by atoms with Crippen LogP contribution in [0.2, 0.25) is 0 Å². The molecule has 1 fully saturated rings. The summed E-state index contributed by atoms with van der Waals surface area (Å²) in [5, 5.41) is 3.14. The molecule has 0 unspecified atom stereocenters. The number of hydrogen-bond acceptors (Lipinski definition) is 4. The third-order valence-electron chi connectivity index (χ3n) is 3.30. The molecule has 1 aliphatic heterocycles. The van der Waals surface area contributed by atoms with E-state index in [-0.39, 0.29) is 12.2 Å². The van der Waals surface area contributed by atoms with E-state index in [2.05, 4.69) is 5.32 Å². The molecular weight excluding hydrogens is 256 g/mol. The van der Waals surface area contributed by atoms with Gasteiger partial charge in [0, 0.05) is 19.6 Å². The minimum Gasteiger partial charge on any atom is -0.445 e. The summed E-state index contributed by atoms with van der Waals surface area (Å²) >= 11 is 0. The molecule has 2 rings (SSSR count). The van der Waals surface area contributed by atoms with Crippen molar-refractivity contribution in [2.75, 3.05) is 26.4 Å². The van der Waals surface area contributed by atoms with Gasteiger partial charge in [-0.3, -0.25) is 5.32 Å². The van der Waals surface area contributed by atoms with Crippen LogP contribution in [0.5, 0.6) is 0 Å². The van der Waals surface area contributed by atoms with Crippen molar-refractivity contribution in [3.05, 3.63) is 35.9 Å². The molecule has 5 nitrogen and oxygen atoms in total. The Morgan fingerprint density at radius 3 is 3.00 bits per heavy atom. The summed E-state index contributed by atoms with van der Waals surface area (Å²) in [7, 11) is 0. The quantitative estimate of drug-likeness (QED) is 0.898. The maximum Gasteiger partial charge on any atom is 0.410 e. The van der Waals surface area contributed by atoms with Crippen molar-refractivity contribution in [1.82, 2.24) is 10.2 Å². The molecule has 0 radical (unpaired) electrons. The molecule has 1 aliphatic rings. The Hall–Kier alpha value is -1.59. The Labute approximate surface area is 119 Å². The number of carbonyl (C=O) groups is 1. The molecule has 1 aromatic rings. The zero-order valence-electron chi connectivity index (χ0n) is 11.9. The lowest BCUT2D eigenvalue weighted by molar-refractivity contribution is 0.0480. The molecule has 0 spiro atoms. The second-order valence-electron chi connectivity index (χ2n) is 4.94. The van der Waals surface area contributed by atoms with Gasteiger partial charge in [0.05, 0.1) is 12.8 Å². The summed E-state index contributed by atoms with van der Waals surface area (Å²) in [6.45, 7) is 4.89. The van der Waals surface area contributed by atoms with E-state index in [1.165, 1.54) is 0 Å². The van der Waals surface area contributed by atoms with Crippen molar-refractivity contribution in [3.8, 4) is 0 Å². The van der Waals surface area contributed by atoms with E-state index < -0.39 is 0 Å². The molecule has 5 heteroatoms. The smallest absolute Gasteiger partial charge is 0.410 e. The maximum absolute atomic E-state index is 12.1. The van der Waals surface area contributed by atoms with Gasteiger partial charge in [-0.05, 0) is 18.9 Å². The van der Waals surface area contributed by atoms with Crippen LogP contribution in [0.15, 0.2) is 30.3 Å². The first-order chi connectivity index (χ1) is 9.75.